The zero-order valence-electron chi connectivity index (χ0n) is 11.9. The number of benzene rings is 1. The van der Waals surface area contributed by atoms with Crippen molar-refractivity contribution < 1.29 is 19.1 Å². The van der Waals surface area contributed by atoms with Crippen molar-refractivity contribution in [1.29, 1.82) is 0 Å². The summed E-state index contributed by atoms with van der Waals surface area (Å²) < 4.78 is 10.6. The molecule has 0 radical (unpaired) electrons. The van der Waals surface area contributed by atoms with Gasteiger partial charge in [-0.05, 0) is 24.6 Å². The molecule has 6 nitrogen and oxygen atoms in total. The van der Waals surface area contributed by atoms with Crippen molar-refractivity contribution in [3.63, 3.8) is 0 Å². The fourth-order valence-corrected chi connectivity index (χ4v) is 2.08. The predicted molar refractivity (Wildman–Crippen MR) is 78.5 cm³/mol. The molecule has 0 spiro atoms. The maximum atomic E-state index is 11.8. The lowest BCUT2D eigenvalue weighted by Gasteiger charge is -2.11. The quantitative estimate of drug-likeness (QED) is 0.684. The highest BCUT2D eigenvalue weighted by molar-refractivity contribution is 6.32. The minimum absolute atomic E-state index is 0.163. The molecule has 1 N–H and O–H groups in total. The van der Waals surface area contributed by atoms with E-state index in [1.165, 1.54) is 20.2 Å². The van der Waals surface area contributed by atoms with Crippen LogP contribution in [-0.4, -0.2) is 37.6 Å². The zero-order valence-corrected chi connectivity index (χ0v) is 12.7. The molecule has 1 fully saturated rings. The lowest BCUT2D eigenvalue weighted by Crippen LogP contribution is -2.25. The molecule has 1 aromatic rings. The summed E-state index contributed by atoms with van der Waals surface area (Å²) >= 11 is 6.18. The van der Waals surface area contributed by atoms with Crippen LogP contribution < -0.4 is 14.8 Å². The first-order chi connectivity index (χ1) is 9.97. The van der Waals surface area contributed by atoms with E-state index in [0.717, 1.165) is 4.90 Å². The molecule has 0 saturated carbocycles. The molecule has 1 aliphatic rings. The number of carbonyl (C=O) groups is 2. The topological polar surface area (TPSA) is 67.9 Å². The number of hydrogen-bond acceptors (Lipinski definition) is 4. The van der Waals surface area contributed by atoms with Gasteiger partial charge in [-0.1, -0.05) is 11.6 Å². The summed E-state index contributed by atoms with van der Waals surface area (Å²) in [6, 6.07) is 2.79. The van der Waals surface area contributed by atoms with E-state index in [-0.39, 0.29) is 5.70 Å². The first kappa shape index (κ1) is 15.2. The molecule has 1 saturated heterocycles. The van der Waals surface area contributed by atoms with E-state index in [9.17, 15) is 9.59 Å². The molecule has 1 heterocycles. The van der Waals surface area contributed by atoms with E-state index >= 15 is 0 Å². The minimum Gasteiger partial charge on any atom is -0.493 e. The predicted octanol–water partition coefficient (Wildman–Crippen LogP) is 2.27. The standard InChI is InChI=1S/C14H15ClN2O4/c1-4-21-12-7-9(15)8(6-11(12)20-3)5-10-13(18)17(2)14(19)16-10/h5-7H,4H2,1-3H3,(H,16,19)/b10-5+. The first-order valence-electron chi connectivity index (χ1n) is 6.29. The molecule has 21 heavy (non-hydrogen) atoms. The molecule has 0 aromatic heterocycles. The Balaban J connectivity index is 2.41. The highest BCUT2D eigenvalue weighted by Crippen LogP contribution is 2.34. The van der Waals surface area contributed by atoms with Gasteiger partial charge in [-0.2, -0.15) is 0 Å². The monoisotopic (exact) mass is 310 g/mol. The number of imide groups is 1. The van der Waals surface area contributed by atoms with E-state index in [1.807, 2.05) is 6.92 Å². The van der Waals surface area contributed by atoms with Crippen LogP contribution in [0, 0.1) is 0 Å². The molecule has 3 amide bonds. The van der Waals surface area contributed by atoms with Gasteiger partial charge in [0.25, 0.3) is 5.91 Å². The largest absolute Gasteiger partial charge is 0.493 e. The number of likely N-dealkylation sites (N-methyl/N-ethyl adjacent to an activating group) is 1. The summed E-state index contributed by atoms with van der Waals surface area (Å²) in [6.45, 7) is 2.33. The number of nitrogens with one attached hydrogen (secondary N) is 1. The summed E-state index contributed by atoms with van der Waals surface area (Å²) in [5, 5.41) is 2.87. The summed E-state index contributed by atoms with van der Waals surface area (Å²) in [4.78, 5) is 24.2. The van der Waals surface area contributed by atoms with Gasteiger partial charge in [-0.15, -0.1) is 0 Å². The fraction of sp³-hybridized carbons (Fsp3) is 0.286. The number of halogens is 1. The molecule has 0 bridgehead atoms. The van der Waals surface area contributed by atoms with Crippen molar-refractivity contribution >= 4 is 29.6 Å². The number of amides is 3. The van der Waals surface area contributed by atoms with Crippen LogP contribution in [0.15, 0.2) is 17.8 Å². The Hall–Kier alpha value is -2.21. The van der Waals surface area contributed by atoms with Crippen LogP contribution >= 0.6 is 11.6 Å². The number of rotatable bonds is 4. The zero-order chi connectivity index (χ0) is 15.6. The number of urea groups is 1. The Kier molecular flexibility index (Phi) is 4.37. The second kappa shape index (κ2) is 6.05. The second-order valence-corrected chi connectivity index (χ2v) is 4.72. The third-order valence-electron chi connectivity index (χ3n) is 2.96. The third kappa shape index (κ3) is 2.95. The summed E-state index contributed by atoms with van der Waals surface area (Å²) in [6.07, 6.45) is 1.50. The summed E-state index contributed by atoms with van der Waals surface area (Å²) in [5.74, 6) is 0.605. The number of ether oxygens (including phenoxy) is 2. The fourth-order valence-electron chi connectivity index (χ4n) is 1.87. The van der Waals surface area contributed by atoms with Crippen LogP contribution in [0.2, 0.25) is 5.02 Å². The Bertz CT molecular complexity index is 628. The molecule has 2 rings (SSSR count). The highest BCUT2D eigenvalue weighted by Gasteiger charge is 2.30. The second-order valence-electron chi connectivity index (χ2n) is 4.31. The van der Waals surface area contributed by atoms with Crippen LogP contribution in [0.25, 0.3) is 6.08 Å². The molecule has 1 aromatic carbocycles. The van der Waals surface area contributed by atoms with Crippen LogP contribution in [0.3, 0.4) is 0 Å². The van der Waals surface area contributed by atoms with Crippen molar-refractivity contribution in [2.45, 2.75) is 6.92 Å². The molecule has 0 unspecified atom stereocenters. The van der Waals surface area contributed by atoms with Crippen molar-refractivity contribution in [3.8, 4) is 11.5 Å². The van der Waals surface area contributed by atoms with E-state index < -0.39 is 11.9 Å². The van der Waals surface area contributed by atoms with Gasteiger partial charge in [0, 0.05) is 13.1 Å². The molecule has 0 aliphatic carbocycles. The van der Waals surface area contributed by atoms with E-state index in [4.69, 9.17) is 21.1 Å². The average molecular weight is 311 g/mol. The Morgan fingerprint density at radius 2 is 2.05 bits per heavy atom. The van der Waals surface area contributed by atoms with Gasteiger partial charge in [0.05, 0.1) is 18.7 Å². The minimum atomic E-state index is -0.472. The number of hydrogen-bond donors (Lipinski definition) is 1. The highest BCUT2D eigenvalue weighted by atomic mass is 35.5. The summed E-state index contributed by atoms with van der Waals surface area (Å²) in [7, 11) is 2.91. The van der Waals surface area contributed by atoms with Gasteiger partial charge >= 0.3 is 6.03 Å². The van der Waals surface area contributed by atoms with Gasteiger partial charge < -0.3 is 14.8 Å². The maximum absolute atomic E-state index is 11.8. The average Bonchev–Trinajstić information content (AvgIpc) is 2.69. The Morgan fingerprint density at radius 1 is 1.33 bits per heavy atom. The van der Waals surface area contributed by atoms with Gasteiger partial charge in [0.2, 0.25) is 0 Å². The lowest BCUT2D eigenvalue weighted by molar-refractivity contribution is -0.121. The van der Waals surface area contributed by atoms with Gasteiger partial charge in [-0.3, -0.25) is 9.69 Å². The van der Waals surface area contributed by atoms with Crippen LogP contribution in [0.1, 0.15) is 12.5 Å². The number of carbonyl (C=O) groups excluding carboxylic acids is 2. The molecule has 112 valence electrons. The smallest absolute Gasteiger partial charge is 0.328 e. The van der Waals surface area contributed by atoms with E-state index in [0.29, 0.717) is 28.7 Å². The lowest BCUT2D eigenvalue weighted by atomic mass is 10.1. The molecule has 7 heteroatoms. The van der Waals surface area contributed by atoms with Crippen LogP contribution in [0.4, 0.5) is 4.79 Å². The van der Waals surface area contributed by atoms with Crippen molar-refractivity contribution in [2.24, 2.45) is 0 Å². The SMILES string of the molecule is CCOc1cc(Cl)c(/C=C2/NC(=O)N(C)C2=O)cc1OC. The third-order valence-corrected chi connectivity index (χ3v) is 3.29. The molecule has 1 aliphatic heterocycles. The van der Waals surface area contributed by atoms with Gasteiger partial charge in [0.15, 0.2) is 11.5 Å². The Labute approximate surface area is 127 Å². The Morgan fingerprint density at radius 3 is 2.57 bits per heavy atom. The van der Waals surface area contributed by atoms with Crippen LogP contribution in [0.5, 0.6) is 11.5 Å². The van der Waals surface area contributed by atoms with Gasteiger partial charge in [0.1, 0.15) is 5.70 Å². The molecule has 0 atom stereocenters. The number of nitrogens with zero attached hydrogens (tertiary/aromatic N) is 1. The normalized spacial score (nSPS) is 16.4. The van der Waals surface area contributed by atoms with Crippen molar-refractivity contribution in [1.82, 2.24) is 10.2 Å². The first-order valence-corrected chi connectivity index (χ1v) is 6.66. The van der Waals surface area contributed by atoms with Crippen molar-refractivity contribution in [3.05, 3.63) is 28.4 Å². The maximum Gasteiger partial charge on any atom is 0.328 e. The number of methoxy groups -OCH3 is 1. The van der Waals surface area contributed by atoms with Crippen molar-refractivity contribution in [2.75, 3.05) is 20.8 Å². The van der Waals surface area contributed by atoms with E-state index in [1.54, 1.807) is 12.1 Å². The molecular weight excluding hydrogens is 296 g/mol. The van der Waals surface area contributed by atoms with E-state index in [2.05, 4.69) is 5.32 Å². The summed E-state index contributed by atoms with van der Waals surface area (Å²) in [5.41, 5.74) is 0.714. The van der Waals surface area contributed by atoms with Crippen LogP contribution in [-0.2, 0) is 4.79 Å². The van der Waals surface area contributed by atoms with Gasteiger partial charge in [-0.25, -0.2) is 4.79 Å². The molecular formula is C14H15ClN2O4.